The van der Waals surface area contributed by atoms with Gasteiger partial charge in [-0.1, -0.05) is 6.92 Å². The van der Waals surface area contributed by atoms with Crippen LogP contribution in [0, 0.1) is 13.8 Å². The van der Waals surface area contributed by atoms with Crippen LogP contribution in [0.4, 0.5) is 0 Å². The van der Waals surface area contributed by atoms with Gasteiger partial charge in [0.25, 0.3) is 11.5 Å². The van der Waals surface area contributed by atoms with E-state index in [0.717, 1.165) is 35.7 Å². The summed E-state index contributed by atoms with van der Waals surface area (Å²) in [5.41, 5.74) is 2.21. The molecule has 2 bridgehead atoms. The van der Waals surface area contributed by atoms with E-state index in [1.165, 1.54) is 0 Å². The molecule has 0 spiro atoms. The predicted octanol–water partition coefficient (Wildman–Crippen LogP) is 2.31. The van der Waals surface area contributed by atoms with E-state index in [1.807, 2.05) is 31.7 Å². The molecule has 4 heterocycles. The van der Waals surface area contributed by atoms with E-state index in [0.29, 0.717) is 30.6 Å². The van der Waals surface area contributed by atoms with Crippen molar-refractivity contribution in [3.63, 3.8) is 0 Å². The molecule has 2 aliphatic heterocycles. The molecule has 1 N–H and O–H groups in total. The quantitative estimate of drug-likeness (QED) is 0.909. The number of hydrogen-bond donors (Lipinski definition) is 1. The van der Waals surface area contributed by atoms with Crippen molar-refractivity contribution >= 4 is 5.91 Å². The first-order valence-electron chi connectivity index (χ1n) is 8.98. The van der Waals surface area contributed by atoms with Crippen molar-refractivity contribution in [2.45, 2.75) is 65.0 Å². The molecule has 0 unspecified atom stereocenters. The Morgan fingerprint density at radius 3 is 2.68 bits per heavy atom. The van der Waals surface area contributed by atoms with Gasteiger partial charge in [0.1, 0.15) is 17.3 Å². The molecule has 2 atom stereocenters. The number of carbonyl (C=O) groups is 1. The average Bonchev–Trinajstić information content (AvgIpc) is 3.05. The fourth-order valence-electron chi connectivity index (χ4n) is 4.28. The normalized spacial score (nSPS) is 22.0. The highest BCUT2D eigenvalue weighted by atomic mass is 16.3. The predicted molar refractivity (Wildman–Crippen MR) is 92.8 cm³/mol. The van der Waals surface area contributed by atoms with Crippen LogP contribution in [0.2, 0.25) is 0 Å². The number of aryl methyl sites for hydroxylation is 3. The second-order valence-corrected chi connectivity index (χ2v) is 7.12. The molecule has 1 amide bonds. The summed E-state index contributed by atoms with van der Waals surface area (Å²) in [5.74, 6) is 2.15. The fraction of sp³-hybridized carbons (Fsp3) is 0.526. The number of H-pyrrole nitrogens is 1. The molecule has 6 heteroatoms. The summed E-state index contributed by atoms with van der Waals surface area (Å²) < 4.78 is 5.54. The van der Waals surface area contributed by atoms with Gasteiger partial charge in [-0.2, -0.15) is 0 Å². The first kappa shape index (κ1) is 16.1. The molecule has 6 nitrogen and oxygen atoms in total. The SMILES string of the molecule is CCc1nc2c(c(=O)[nH]1)C[C@H]1CC[C@@H](C2)N1C(=O)c1cc(C)oc1C. The third kappa shape index (κ3) is 2.60. The van der Waals surface area contributed by atoms with Gasteiger partial charge in [0, 0.05) is 36.9 Å². The zero-order chi connectivity index (χ0) is 17.7. The van der Waals surface area contributed by atoms with Crippen molar-refractivity contribution in [1.82, 2.24) is 14.9 Å². The van der Waals surface area contributed by atoms with Crippen LogP contribution >= 0.6 is 0 Å². The summed E-state index contributed by atoms with van der Waals surface area (Å²) in [4.78, 5) is 35.1. The van der Waals surface area contributed by atoms with Crippen LogP contribution in [0.15, 0.2) is 15.3 Å². The Kier molecular flexibility index (Phi) is 3.78. The minimum absolute atomic E-state index is 0.0156. The van der Waals surface area contributed by atoms with Gasteiger partial charge < -0.3 is 14.3 Å². The maximum atomic E-state index is 13.2. The average molecular weight is 341 g/mol. The lowest BCUT2D eigenvalue weighted by atomic mass is 9.98. The molecular formula is C19H23N3O3. The number of nitrogens with one attached hydrogen (secondary N) is 1. The highest BCUT2D eigenvalue weighted by Crippen LogP contribution is 2.34. The highest BCUT2D eigenvalue weighted by molar-refractivity contribution is 5.96. The van der Waals surface area contributed by atoms with E-state index in [-0.39, 0.29) is 23.6 Å². The van der Waals surface area contributed by atoms with Crippen molar-refractivity contribution in [2.24, 2.45) is 0 Å². The Balaban J connectivity index is 1.72. The Morgan fingerprint density at radius 2 is 2.04 bits per heavy atom. The number of fused-ring (bicyclic) bond motifs is 3. The molecule has 0 radical (unpaired) electrons. The lowest BCUT2D eigenvalue weighted by molar-refractivity contribution is 0.0671. The second kappa shape index (κ2) is 5.86. The molecule has 0 aliphatic carbocycles. The fourth-order valence-corrected chi connectivity index (χ4v) is 4.28. The van der Waals surface area contributed by atoms with Crippen LogP contribution < -0.4 is 5.56 Å². The van der Waals surface area contributed by atoms with E-state index in [2.05, 4.69) is 9.97 Å². The van der Waals surface area contributed by atoms with Crippen LogP contribution in [0.3, 0.4) is 0 Å². The van der Waals surface area contributed by atoms with Gasteiger partial charge in [-0.25, -0.2) is 4.98 Å². The van der Waals surface area contributed by atoms with Gasteiger partial charge in [-0.3, -0.25) is 9.59 Å². The first-order chi connectivity index (χ1) is 12.0. The number of carbonyl (C=O) groups excluding carboxylic acids is 1. The van der Waals surface area contributed by atoms with Crippen molar-refractivity contribution in [2.75, 3.05) is 0 Å². The third-order valence-corrected chi connectivity index (χ3v) is 5.48. The van der Waals surface area contributed by atoms with Crippen molar-refractivity contribution in [3.8, 4) is 0 Å². The largest absolute Gasteiger partial charge is 0.466 e. The molecule has 25 heavy (non-hydrogen) atoms. The standard InChI is InChI=1S/C19H23N3O3/c1-4-17-20-16-9-13-6-5-12(8-15(16)18(23)21-17)22(13)19(24)14-7-10(2)25-11(14)3/h7,12-13H,4-6,8-9H2,1-3H3,(H,20,21,23)/t12-,13+/m1/s1. The molecule has 132 valence electrons. The lowest BCUT2D eigenvalue weighted by Gasteiger charge is -2.27. The second-order valence-electron chi connectivity index (χ2n) is 7.12. The number of furan rings is 1. The van der Waals surface area contributed by atoms with E-state index >= 15 is 0 Å². The van der Waals surface area contributed by atoms with E-state index in [4.69, 9.17) is 4.42 Å². The summed E-state index contributed by atoms with van der Waals surface area (Å²) in [7, 11) is 0. The molecule has 2 aromatic heterocycles. The Labute approximate surface area is 146 Å². The van der Waals surface area contributed by atoms with Crippen molar-refractivity contribution in [3.05, 3.63) is 50.6 Å². The third-order valence-electron chi connectivity index (χ3n) is 5.48. The van der Waals surface area contributed by atoms with Crippen LogP contribution in [0.1, 0.15) is 58.7 Å². The van der Waals surface area contributed by atoms with Gasteiger partial charge in [-0.15, -0.1) is 0 Å². The number of rotatable bonds is 2. The van der Waals surface area contributed by atoms with Crippen LogP contribution in [0.25, 0.3) is 0 Å². The Bertz CT molecular complexity index is 896. The van der Waals surface area contributed by atoms with Crippen molar-refractivity contribution in [1.29, 1.82) is 0 Å². The van der Waals surface area contributed by atoms with Crippen LogP contribution in [0.5, 0.6) is 0 Å². The summed E-state index contributed by atoms with van der Waals surface area (Å²) in [6, 6.07) is 1.98. The molecule has 0 saturated carbocycles. The van der Waals surface area contributed by atoms with Gasteiger partial charge in [0.15, 0.2) is 0 Å². The van der Waals surface area contributed by atoms with Gasteiger partial charge >= 0.3 is 0 Å². The lowest BCUT2D eigenvalue weighted by Crippen LogP contribution is -2.42. The van der Waals surface area contributed by atoms with Gasteiger partial charge in [-0.05, 0) is 32.8 Å². The molecule has 2 aromatic rings. The van der Waals surface area contributed by atoms with E-state index < -0.39 is 0 Å². The molecule has 1 saturated heterocycles. The van der Waals surface area contributed by atoms with Crippen molar-refractivity contribution < 1.29 is 9.21 Å². The smallest absolute Gasteiger partial charge is 0.257 e. The molecule has 1 fully saturated rings. The maximum Gasteiger partial charge on any atom is 0.257 e. The maximum absolute atomic E-state index is 13.2. The van der Waals surface area contributed by atoms with Gasteiger partial charge in [0.2, 0.25) is 0 Å². The Morgan fingerprint density at radius 1 is 1.32 bits per heavy atom. The van der Waals surface area contributed by atoms with Crippen LogP contribution in [-0.2, 0) is 19.3 Å². The summed E-state index contributed by atoms with van der Waals surface area (Å²) in [6.45, 7) is 5.66. The number of nitrogens with zero attached hydrogens (tertiary/aromatic N) is 2. The number of aromatic amines is 1. The van der Waals surface area contributed by atoms with E-state index in [1.54, 1.807) is 0 Å². The number of aromatic nitrogens is 2. The van der Waals surface area contributed by atoms with Gasteiger partial charge in [0.05, 0.1) is 11.3 Å². The Hall–Kier alpha value is -2.37. The summed E-state index contributed by atoms with van der Waals surface area (Å²) in [5, 5.41) is 0. The minimum Gasteiger partial charge on any atom is -0.466 e. The summed E-state index contributed by atoms with van der Waals surface area (Å²) in [6.07, 6.45) is 3.83. The summed E-state index contributed by atoms with van der Waals surface area (Å²) >= 11 is 0. The topological polar surface area (TPSA) is 79.2 Å². The minimum atomic E-state index is -0.0443. The zero-order valence-corrected chi connectivity index (χ0v) is 14.9. The molecule has 4 rings (SSSR count). The molecule has 0 aromatic carbocycles. The van der Waals surface area contributed by atoms with Crippen LogP contribution in [-0.4, -0.2) is 32.9 Å². The highest BCUT2D eigenvalue weighted by Gasteiger charge is 2.41. The molecular weight excluding hydrogens is 318 g/mol. The molecule has 2 aliphatic rings. The number of amides is 1. The first-order valence-corrected chi connectivity index (χ1v) is 8.98. The van der Waals surface area contributed by atoms with E-state index in [9.17, 15) is 9.59 Å². The number of hydrogen-bond acceptors (Lipinski definition) is 4. The monoisotopic (exact) mass is 341 g/mol. The zero-order valence-electron chi connectivity index (χ0n) is 14.9.